The van der Waals surface area contributed by atoms with Crippen molar-refractivity contribution < 1.29 is 23.0 Å². The molecular weight excluding hydrogens is 268 g/mol. The molecule has 1 aromatic rings. The molecule has 1 atom stereocenters. The van der Waals surface area contributed by atoms with Gasteiger partial charge in [0.05, 0.1) is 7.11 Å². The number of methoxy groups -OCH3 is 1. The normalized spacial score (nSPS) is 17.4. The van der Waals surface area contributed by atoms with Gasteiger partial charge in [-0.15, -0.1) is 0 Å². The van der Waals surface area contributed by atoms with Crippen LogP contribution in [0.2, 0.25) is 0 Å². The molecule has 0 spiro atoms. The van der Waals surface area contributed by atoms with E-state index < -0.39 is 28.9 Å². The molecule has 0 radical (unpaired) electrons. The molecule has 0 heterocycles. The van der Waals surface area contributed by atoms with Crippen molar-refractivity contribution in [1.29, 1.82) is 0 Å². The van der Waals surface area contributed by atoms with Crippen LogP contribution < -0.4 is 10.1 Å². The van der Waals surface area contributed by atoms with Crippen molar-refractivity contribution in [3.05, 3.63) is 29.8 Å². The summed E-state index contributed by atoms with van der Waals surface area (Å²) >= 11 is 0. The first-order valence-corrected chi connectivity index (χ1v) is 6.39. The number of hydrogen-bond acceptors (Lipinski definition) is 4. The minimum Gasteiger partial charge on any atom is -0.485 e. The Morgan fingerprint density at radius 1 is 1.40 bits per heavy atom. The summed E-state index contributed by atoms with van der Waals surface area (Å²) in [4.78, 5) is 11.8. The van der Waals surface area contributed by atoms with E-state index in [4.69, 9.17) is 9.47 Å². The first-order chi connectivity index (χ1) is 9.46. The van der Waals surface area contributed by atoms with E-state index in [-0.39, 0.29) is 12.6 Å². The topological polar surface area (TPSA) is 47.6 Å². The van der Waals surface area contributed by atoms with Gasteiger partial charge in [-0.3, -0.25) is 5.32 Å². The lowest BCUT2D eigenvalue weighted by molar-refractivity contribution is -0.149. The number of esters is 1. The summed E-state index contributed by atoms with van der Waals surface area (Å²) in [5, 5.41) is 3.08. The van der Waals surface area contributed by atoms with Gasteiger partial charge in [-0.05, 0) is 31.9 Å². The second-order valence-electron chi connectivity index (χ2n) is 5.08. The molecule has 0 aromatic heterocycles. The predicted molar refractivity (Wildman–Crippen MR) is 68.4 cm³/mol. The van der Waals surface area contributed by atoms with Crippen molar-refractivity contribution in [2.75, 3.05) is 13.7 Å². The molecule has 20 heavy (non-hydrogen) atoms. The maximum Gasteiger partial charge on any atom is 0.329 e. The highest BCUT2D eigenvalue weighted by molar-refractivity contribution is 5.80. The third kappa shape index (κ3) is 3.25. The number of nitrogens with one attached hydrogen (secondary N) is 1. The van der Waals surface area contributed by atoms with Crippen LogP contribution in [-0.2, 0) is 9.53 Å². The number of benzene rings is 1. The number of rotatable bonds is 6. The lowest BCUT2D eigenvalue weighted by Crippen LogP contribution is -2.55. The molecule has 6 heteroatoms. The zero-order chi connectivity index (χ0) is 14.8. The quantitative estimate of drug-likeness (QED) is 0.812. The standard InChI is InChI=1S/C14H17F2NO3/c1-14(13(18)19-2,17-9-6-7-9)8-20-12-10(15)4-3-5-11(12)16/h3-5,9,17H,6-8H2,1-2H3. The Hall–Kier alpha value is -1.69. The third-order valence-corrected chi connectivity index (χ3v) is 3.16. The fraction of sp³-hybridized carbons (Fsp3) is 0.500. The summed E-state index contributed by atoms with van der Waals surface area (Å²) in [5.41, 5.74) is -1.13. The Morgan fingerprint density at radius 2 is 2.00 bits per heavy atom. The monoisotopic (exact) mass is 285 g/mol. The van der Waals surface area contributed by atoms with E-state index in [9.17, 15) is 13.6 Å². The van der Waals surface area contributed by atoms with Crippen LogP contribution in [0.25, 0.3) is 0 Å². The molecule has 1 unspecified atom stereocenters. The van der Waals surface area contributed by atoms with Crippen LogP contribution in [0.1, 0.15) is 19.8 Å². The van der Waals surface area contributed by atoms with E-state index in [2.05, 4.69) is 5.32 Å². The number of carbonyl (C=O) groups is 1. The SMILES string of the molecule is COC(=O)C(C)(COc1c(F)cccc1F)NC1CC1. The van der Waals surface area contributed by atoms with Crippen LogP contribution in [0.15, 0.2) is 18.2 Å². The molecule has 0 saturated heterocycles. The largest absolute Gasteiger partial charge is 0.485 e. The predicted octanol–water partition coefficient (Wildman–Crippen LogP) is 2.03. The van der Waals surface area contributed by atoms with Crippen molar-refractivity contribution in [3.63, 3.8) is 0 Å². The highest BCUT2D eigenvalue weighted by Crippen LogP contribution is 2.26. The summed E-state index contributed by atoms with van der Waals surface area (Å²) in [5.74, 6) is -2.62. The van der Waals surface area contributed by atoms with Gasteiger partial charge in [-0.25, -0.2) is 13.6 Å². The zero-order valence-corrected chi connectivity index (χ0v) is 11.4. The number of ether oxygens (including phenoxy) is 2. The van der Waals surface area contributed by atoms with Gasteiger partial charge in [0.15, 0.2) is 17.4 Å². The second-order valence-corrected chi connectivity index (χ2v) is 5.08. The van der Waals surface area contributed by atoms with Crippen LogP contribution in [0.5, 0.6) is 5.75 Å². The van der Waals surface area contributed by atoms with E-state index in [1.54, 1.807) is 6.92 Å². The molecular formula is C14H17F2NO3. The van der Waals surface area contributed by atoms with Gasteiger partial charge in [0.1, 0.15) is 12.1 Å². The molecule has 2 rings (SSSR count). The van der Waals surface area contributed by atoms with E-state index in [0.29, 0.717) is 0 Å². The van der Waals surface area contributed by atoms with Crippen molar-refractivity contribution in [3.8, 4) is 5.75 Å². The molecule has 4 nitrogen and oxygen atoms in total. The minimum absolute atomic E-state index is 0.214. The van der Waals surface area contributed by atoms with Crippen LogP contribution in [-0.4, -0.2) is 31.3 Å². The molecule has 1 aliphatic rings. The summed E-state index contributed by atoms with van der Waals surface area (Å²) in [6.45, 7) is 1.38. The molecule has 0 amide bonds. The lowest BCUT2D eigenvalue weighted by Gasteiger charge is -2.28. The van der Waals surface area contributed by atoms with Crippen LogP contribution in [0, 0.1) is 11.6 Å². The highest BCUT2D eigenvalue weighted by Gasteiger charge is 2.40. The van der Waals surface area contributed by atoms with E-state index in [1.165, 1.54) is 13.2 Å². The first kappa shape index (κ1) is 14.7. The molecule has 1 aliphatic carbocycles. The number of carbonyl (C=O) groups excluding carboxylic acids is 1. The number of halogens is 2. The summed E-state index contributed by atoms with van der Waals surface area (Å²) in [6, 6.07) is 3.66. The van der Waals surface area contributed by atoms with Crippen molar-refractivity contribution in [2.24, 2.45) is 0 Å². The van der Waals surface area contributed by atoms with Crippen molar-refractivity contribution in [1.82, 2.24) is 5.32 Å². The van der Waals surface area contributed by atoms with Gasteiger partial charge in [-0.1, -0.05) is 6.07 Å². The molecule has 1 fully saturated rings. The van der Waals surface area contributed by atoms with E-state index in [1.807, 2.05) is 0 Å². The van der Waals surface area contributed by atoms with Gasteiger partial charge in [-0.2, -0.15) is 0 Å². The minimum atomic E-state index is -1.13. The molecule has 1 N–H and O–H groups in total. The Kier molecular flexibility index (Phi) is 4.23. The number of para-hydroxylation sites is 1. The summed E-state index contributed by atoms with van der Waals surface area (Å²) in [7, 11) is 1.26. The second kappa shape index (κ2) is 5.75. The van der Waals surface area contributed by atoms with Crippen LogP contribution in [0.3, 0.4) is 0 Å². The van der Waals surface area contributed by atoms with Gasteiger partial charge in [0, 0.05) is 6.04 Å². The van der Waals surface area contributed by atoms with Crippen LogP contribution >= 0.6 is 0 Å². The van der Waals surface area contributed by atoms with Crippen molar-refractivity contribution in [2.45, 2.75) is 31.3 Å². The number of hydrogen-bond donors (Lipinski definition) is 1. The van der Waals surface area contributed by atoms with Crippen LogP contribution in [0.4, 0.5) is 8.78 Å². The lowest BCUT2D eigenvalue weighted by atomic mass is 10.0. The Morgan fingerprint density at radius 3 is 2.50 bits per heavy atom. The summed E-state index contributed by atoms with van der Waals surface area (Å²) in [6.07, 6.45) is 1.92. The maximum atomic E-state index is 13.5. The van der Waals surface area contributed by atoms with E-state index >= 15 is 0 Å². The molecule has 0 aliphatic heterocycles. The summed E-state index contributed by atoms with van der Waals surface area (Å²) < 4.78 is 36.9. The smallest absolute Gasteiger partial charge is 0.329 e. The fourth-order valence-electron chi connectivity index (χ4n) is 1.90. The molecule has 1 saturated carbocycles. The average molecular weight is 285 g/mol. The zero-order valence-electron chi connectivity index (χ0n) is 11.4. The van der Waals surface area contributed by atoms with Gasteiger partial charge < -0.3 is 9.47 Å². The Labute approximate surface area is 116 Å². The average Bonchev–Trinajstić information content (AvgIpc) is 3.21. The molecule has 110 valence electrons. The third-order valence-electron chi connectivity index (χ3n) is 3.16. The Bertz CT molecular complexity index is 485. The fourth-order valence-corrected chi connectivity index (χ4v) is 1.90. The van der Waals surface area contributed by atoms with Gasteiger partial charge >= 0.3 is 5.97 Å². The highest BCUT2D eigenvalue weighted by atomic mass is 19.1. The van der Waals surface area contributed by atoms with Crippen molar-refractivity contribution >= 4 is 5.97 Å². The Balaban J connectivity index is 2.10. The van der Waals surface area contributed by atoms with E-state index in [0.717, 1.165) is 25.0 Å². The molecule has 1 aromatic carbocycles. The maximum absolute atomic E-state index is 13.5. The first-order valence-electron chi connectivity index (χ1n) is 6.39. The van der Waals surface area contributed by atoms with Gasteiger partial charge in [0.25, 0.3) is 0 Å². The van der Waals surface area contributed by atoms with Gasteiger partial charge in [0.2, 0.25) is 0 Å². The molecule has 0 bridgehead atoms.